The summed E-state index contributed by atoms with van der Waals surface area (Å²) < 4.78 is 30.9. The van der Waals surface area contributed by atoms with Gasteiger partial charge in [-0.3, -0.25) is 14.5 Å². The summed E-state index contributed by atoms with van der Waals surface area (Å²) in [5.41, 5.74) is 9.62. The predicted molar refractivity (Wildman–Crippen MR) is 238 cm³/mol. The van der Waals surface area contributed by atoms with E-state index in [0.717, 1.165) is 116 Å². The lowest BCUT2D eigenvalue weighted by Gasteiger charge is -2.35. The molecule has 0 bridgehead atoms. The van der Waals surface area contributed by atoms with Crippen LogP contribution in [0.1, 0.15) is 47.7 Å². The predicted octanol–water partition coefficient (Wildman–Crippen LogP) is 8.97. The number of piperazine rings is 1. The molecule has 1 aliphatic rings. The zero-order chi connectivity index (χ0) is 41.7. The van der Waals surface area contributed by atoms with Gasteiger partial charge in [-0.2, -0.15) is 5.10 Å². The molecule has 0 spiro atoms. The van der Waals surface area contributed by atoms with Crippen molar-refractivity contribution in [1.29, 1.82) is 0 Å². The number of rotatable bonds is 20. The molecular weight excluding hydrogens is 739 g/mol. The van der Waals surface area contributed by atoms with Crippen molar-refractivity contribution in [3.8, 4) is 40.0 Å². The van der Waals surface area contributed by atoms with Crippen LogP contribution in [0.15, 0.2) is 109 Å². The van der Waals surface area contributed by atoms with E-state index in [0.29, 0.717) is 23.8 Å². The van der Waals surface area contributed by atoms with E-state index < -0.39 is 0 Å². The number of hydrogen-bond acceptors (Lipinski definition) is 9. The normalized spacial score (nSPS) is 13.6. The molecule has 4 aromatic carbocycles. The van der Waals surface area contributed by atoms with Crippen LogP contribution in [0.25, 0.3) is 17.0 Å². The maximum atomic E-state index is 5.81. The molecular formula is C49H61N5O5. The van der Waals surface area contributed by atoms with Gasteiger partial charge in [0, 0.05) is 74.7 Å². The van der Waals surface area contributed by atoms with Crippen LogP contribution in [0.3, 0.4) is 0 Å². The SMILES string of the molecule is C=C(/C=C(/c1cc(OC)c(OC)c(OC)c1)N(CCCC)Cc1ccccc1)CN1CCN(Cc2cc(-c3cc(OC)c(C)c(OC)c3)n(Cc3ccccc3)n2)CC1. The zero-order valence-corrected chi connectivity index (χ0v) is 36.0. The van der Waals surface area contributed by atoms with Crippen LogP contribution in [0.5, 0.6) is 28.7 Å². The number of benzene rings is 4. The number of ether oxygens (including phenoxy) is 5. The molecule has 5 aromatic rings. The van der Waals surface area contributed by atoms with Crippen LogP contribution in [-0.4, -0.2) is 99.3 Å². The molecule has 2 heterocycles. The monoisotopic (exact) mass is 799 g/mol. The first-order valence-corrected chi connectivity index (χ1v) is 20.5. The summed E-state index contributed by atoms with van der Waals surface area (Å²) in [6, 6.07) is 31.6. The Kier molecular flexibility index (Phi) is 15.1. The maximum Gasteiger partial charge on any atom is 0.203 e. The molecule has 0 radical (unpaired) electrons. The van der Waals surface area contributed by atoms with Gasteiger partial charge in [0.25, 0.3) is 0 Å². The van der Waals surface area contributed by atoms with Crippen molar-refractivity contribution in [1.82, 2.24) is 24.5 Å². The number of aromatic nitrogens is 2. The first-order chi connectivity index (χ1) is 28.8. The Labute approximate surface area is 351 Å². The van der Waals surface area contributed by atoms with Crippen molar-refractivity contribution >= 4 is 5.70 Å². The number of hydrogen-bond donors (Lipinski definition) is 0. The Balaban J connectivity index is 1.20. The van der Waals surface area contributed by atoms with Gasteiger partial charge in [-0.05, 0) is 66.5 Å². The lowest BCUT2D eigenvalue weighted by atomic mass is 10.0. The Morgan fingerprint density at radius 2 is 1.29 bits per heavy atom. The van der Waals surface area contributed by atoms with Gasteiger partial charge in [0.1, 0.15) is 11.5 Å². The van der Waals surface area contributed by atoms with E-state index >= 15 is 0 Å². The van der Waals surface area contributed by atoms with Gasteiger partial charge in [0.15, 0.2) is 11.5 Å². The Bertz CT molecular complexity index is 2110. The van der Waals surface area contributed by atoms with Gasteiger partial charge in [-0.25, -0.2) is 0 Å². The topological polar surface area (TPSA) is 73.7 Å². The molecule has 0 N–H and O–H groups in total. The minimum absolute atomic E-state index is 0.577. The highest BCUT2D eigenvalue weighted by Gasteiger charge is 2.23. The number of nitrogens with zero attached hydrogens (tertiary/aromatic N) is 5. The smallest absolute Gasteiger partial charge is 0.203 e. The highest BCUT2D eigenvalue weighted by atomic mass is 16.5. The summed E-state index contributed by atoms with van der Waals surface area (Å²) in [5, 5.41) is 5.17. The lowest BCUT2D eigenvalue weighted by molar-refractivity contribution is 0.134. The maximum absolute atomic E-state index is 5.81. The van der Waals surface area contributed by atoms with Crippen molar-refractivity contribution in [3.63, 3.8) is 0 Å². The lowest BCUT2D eigenvalue weighted by Crippen LogP contribution is -2.46. The van der Waals surface area contributed by atoms with E-state index in [1.807, 2.05) is 25.1 Å². The summed E-state index contributed by atoms with van der Waals surface area (Å²) in [6.45, 7) is 16.4. The van der Waals surface area contributed by atoms with Crippen LogP contribution in [0.4, 0.5) is 0 Å². The first kappa shape index (κ1) is 42.9. The van der Waals surface area contributed by atoms with Crippen LogP contribution < -0.4 is 23.7 Å². The first-order valence-electron chi connectivity index (χ1n) is 20.5. The molecule has 1 saturated heterocycles. The van der Waals surface area contributed by atoms with Gasteiger partial charge in [-0.15, -0.1) is 0 Å². The van der Waals surface area contributed by atoms with Crippen molar-refractivity contribution in [2.24, 2.45) is 0 Å². The second-order valence-electron chi connectivity index (χ2n) is 15.1. The van der Waals surface area contributed by atoms with E-state index in [2.05, 4.69) is 112 Å². The molecule has 0 saturated carbocycles. The summed E-state index contributed by atoms with van der Waals surface area (Å²) >= 11 is 0. The van der Waals surface area contributed by atoms with Crippen molar-refractivity contribution < 1.29 is 23.7 Å². The Morgan fingerprint density at radius 1 is 0.712 bits per heavy atom. The molecule has 10 nitrogen and oxygen atoms in total. The van der Waals surface area contributed by atoms with Crippen molar-refractivity contribution in [2.45, 2.75) is 46.3 Å². The highest BCUT2D eigenvalue weighted by Crippen LogP contribution is 2.41. The third kappa shape index (κ3) is 10.9. The molecule has 1 aromatic heterocycles. The van der Waals surface area contributed by atoms with E-state index in [4.69, 9.17) is 28.8 Å². The minimum Gasteiger partial charge on any atom is -0.496 e. The standard InChI is InChI=1S/C49H61N5O5/c1-9-10-21-53(33-38-17-13-11-14-18-38)43(40-29-47(57-6)49(59-8)48(30-40)58-7)26-36(2)32-51-22-24-52(25-23-51)35-42-31-44(54(50-42)34-39-19-15-12-16-20-39)41-27-45(55-4)37(3)46(28-41)56-5/h11-20,26-31H,2,9-10,21-25,32-35H2,1,3-8H3/b43-26-. The average Bonchev–Trinajstić information content (AvgIpc) is 3.66. The summed E-state index contributed by atoms with van der Waals surface area (Å²) in [7, 11) is 8.36. The average molecular weight is 800 g/mol. The molecule has 10 heteroatoms. The third-order valence-electron chi connectivity index (χ3n) is 11.0. The largest absolute Gasteiger partial charge is 0.496 e. The molecule has 59 heavy (non-hydrogen) atoms. The quantitative estimate of drug-likeness (QED) is 0.0718. The fourth-order valence-corrected chi connectivity index (χ4v) is 7.78. The van der Waals surface area contributed by atoms with Crippen LogP contribution in [0.2, 0.25) is 0 Å². The van der Waals surface area contributed by atoms with Gasteiger partial charge in [0.2, 0.25) is 5.75 Å². The highest BCUT2D eigenvalue weighted by molar-refractivity contribution is 5.72. The molecule has 1 fully saturated rings. The molecule has 6 rings (SSSR count). The second-order valence-corrected chi connectivity index (χ2v) is 15.1. The van der Waals surface area contributed by atoms with Crippen LogP contribution in [-0.2, 0) is 19.6 Å². The molecule has 312 valence electrons. The van der Waals surface area contributed by atoms with Crippen molar-refractivity contribution in [3.05, 3.63) is 137 Å². The van der Waals surface area contributed by atoms with Gasteiger partial charge < -0.3 is 28.6 Å². The number of unbranched alkanes of at least 4 members (excludes halogenated alkanes) is 1. The van der Waals surface area contributed by atoms with Crippen LogP contribution >= 0.6 is 0 Å². The fraction of sp³-hybridized carbons (Fsp3) is 0.367. The summed E-state index contributed by atoms with van der Waals surface area (Å²) in [6.07, 6.45) is 4.40. The van der Waals surface area contributed by atoms with Gasteiger partial charge in [0.05, 0.1) is 53.5 Å². The van der Waals surface area contributed by atoms with Gasteiger partial charge >= 0.3 is 0 Å². The van der Waals surface area contributed by atoms with E-state index in [9.17, 15) is 0 Å². The summed E-state index contributed by atoms with van der Waals surface area (Å²) in [5.74, 6) is 3.41. The minimum atomic E-state index is 0.577. The molecule has 0 amide bonds. The van der Waals surface area contributed by atoms with E-state index in [-0.39, 0.29) is 0 Å². The summed E-state index contributed by atoms with van der Waals surface area (Å²) in [4.78, 5) is 7.45. The molecule has 0 atom stereocenters. The molecule has 0 aliphatic carbocycles. The Hall–Kier alpha value is -5.71. The number of methoxy groups -OCH3 is 5. The zero-order valence-electron chi connectivity index (χ0n) is 36.0. The van der Waals surface area contributed by atoms with E-state index in [1.54, 1.807) is 35.5 Å². The fourth-order valence-electron chi connectivity index (χ4n) is 7.78. The molecule has 0 unspecified atom stereocenters. The second kappa shape index (κ2) is 20.8. The Morgan fingerprint density at radius 3 is 1.85 bits per heavy atom. The van der Waals surface area contributed by atoms with E-state index in [1.165, 1.54) is 11.1 Å². The van der Waals surface area contributed by atoms with Gasteiger partial charge in [-0.1, -0.05) is 80.6 Å². The van der Waals surface area contributed by atoms with Crippen molar-refractivity contribution in [2.75, 3.05) is 74.8 Å². The third-order valence-corrected chi connectivity index (χ3v) is 11.0. The van der Waals surface area contributed by atoms with Crippen LogP contribution in [0, 0.1) is 6.92 Å². The molecule has 1 aliphatic heterocycles.